The van der Waals surface area contributed by atoms with E-state index in [0.717, 1.165) is 4.90 Å². The van der Waals surface area contributed by atoms with Crippen molar-refractivity contribution in [2.24, 2.45) is 11.8 Å². The molecule has 0 saturated carbocycles. The first kappa shape index (κ1) is 44.1. The van der Waals surface area contributed by atoms with Crippen LogP contribution in [-0.4, -0.2) is 84.5 Å². The number of anilines is 1. The number of aliphatic carboxylic acids is 1. The van der Waals surface area contributed by atoms with Gasteiger partial charge in [0.1, 0.15) is 47.6 Å². The second-order valence-electron chi connectivity index (χ2n) is 16.3. The van der Waals surface area contributed by atoms with Gasteiger partial charge in [0.25, 0.3) is 0 Å². The molecule has 2 saturated heterocycles. The highest BCUT2D eigenvalue weighted by Crippen LogP contribution is 2.66. The van der Waals surface area contributed by atoms with Gasteiger partial charge in [-0.25, -0.2) is 14.5 Å². The molecular formula is C51H47N3O11. The fraction of sp³-hybridized carbons (Fsp3) is 0.275. The molecule has 0 aromatic heterocycles. The lowest BCUT2D eigenvalue weighted by molar-refractivity contribution is -0.179. The number of nitrogens with one attached hydrogen (secondary N) is 1. The number of nitrogens with zero attached hydrogens (tertiary/aromatic N) is 2. The Morgan fingerprint density at radius 3 is 2.06 bits per heavy atom. The molecule has 14 heteroatoms. The number of rotatable bonds is 11. The van der Waals surface area contributed by atoms with Crippen molar-refractivity contribution in [3.05, 3.63) is 161 Å². The van der Waals surface area contributed by atoms with Gasteiger partial charge in [-0.1, -0.05) is 98.5 Å². The molecule has 0 aliphatic carbocycles. The van der Waals surface area contributed by atoms with Crippen LogP contribution in [0.5, 0.6) is 11.5 Å². The molecule has 3 aliphatic rings. The van der Waals surface area contributed by atoms with E-state index in [0.29, 0.717) is 39.3 Å². The van der Waals surface area contributed by atoms with E-state index in [1.54, 1.807) is 86.5 Å². The van der Waals surface area contributed by atoms with E-state index in [4.69, 9.17) is 18.9 Å². The average Bonchev–Trinajstić information content (AvgIpc) is 3.78. The predicted molar refractivity (Wildman–Crippen MR) is 237 cm³/mol. The van der Waals surface area contributed by atoms with E-state index in [1.807, 2.05) is 60.7 Å². The number of hydrogen-bond donors (Lipinski definition) is 3. The lowest BCUT2D eigenvalue weighted by Crippen LogP contribution is -2.56. The minimum atomic E-state index is -2.26. The zero-order valence-corrected chi connectivity index (χ0v) is 36.0. The molecule has 332 valence electrons. The number of benzene rings is 5. The van der Waals surface area contributed by atoms with Gasteiger partial charge in [0.2, 0.25) is 5.91 Å². The van der Waals surface area contributed by atoms with Crippen LogP contribution in [0.1, 0.15) is 65.4 Å². The van der Waals surface area contributed by atoms with Crippen molar-refractivity contribution in [2.75, 3.05) is 32.3 Å². The van der Waals surface area contributed by atoms with Gasteiger partial charge in [-0.3, -0.25) is 19.3 Å². The van der Waals surface area contributed by atoms with Crippen LogP contribution in [0.3, 0.4) is 0 Å². The minimum absolute atomic E-state index is 0.0305. The van der Waals surface area contributed by atoms with Crippen LogP contribution in [0.4, 0.5) is 10.5 Å². The number of hydrogen-bond acceptors (Lipinski definition) is 11. The third-order valence-electron chi connectivity index (χ3n) is 12.3. The fourth-order valence-electron chi connectivity index (χ4n) is 9.54. The van der Waals surface area contributed by atoms with Crippen molar-refractivity contribution in [2.45, 2.75) is 49.5 Å². The minimum Gasteiger partial charge on any atom is -0.497 e. The second-order valence-corrected chi connectivity index (χ2v) is 16.3. The van der Waals surface area contributed by atoms with E-state index < -0.39 is 77.4 Å². The van der Waals surface area contributed by atoms with Gasteiger partial charge in [-0.15, -0.1) is 0 Å². The first-order chi connectivity index (χ1) is 31.4. The maximum atomic E-state index is 16.2. The summed E-state index contributed by atoms with van der Waals surface area (Å²) in [5.74, 6) is 0.767. The van der Waals surface area contributed by atoms with Crippen molar-refractivity contribution in [3.63, 3.8) is 0 Å². The molecule has 0 bridgehead atoms. The third-order valence-corrected chi connectivity index (χ3v) is 12.3. The van der Waals surface area contributed by atoms with Crippen molar-refractivity contribution in [1.29, 1.82) is 0 Å². The Hall–Kier alpha value is -7.47. The zero-order chi connectivity index (χ0) is 46.0. The van der Waals surface area contributed by atoms with Gasteiger partial charge in [0.05, 0.1) is 38.6 Å². The number of carboxylic acid groups (broad SMARTS) is 1. The zero-order valence-electron chi connectivity index (χ0n) is 36.0. The molecule has 5 aromatic carbocycles. The van der Waals surface area contributed by atoms with E-state index in [1.165, 1.54) is 13.2 Å². The van der Waals surface area contributed by atoms with Crippen molar-refractivity contribution < 1.29 is 53.1 Å². The average molecular weight is 878 g/mol. The number of amides is 3. The maximum Gasteiger partial charge on any atom is 0.329 e. The number of esters is 2. The van der Waals surface area contributed by atoms with Crippen LogP contribution < -0.4 is 19.7 Å². The summed E-state index contributed by atoms with van der Waals surface area (Å²) in [6.07, 6.45) is -0.993. The summed E-state index contributed by atoms with van der Waals surface area (Å²) in [7, 11) is 2.74. The normalized spacial score (nSPS) is 22.6. The highest BCUT2D eigenvalue weighted by Gasteiger charge is 2.76. The summed E-state index contributed by atoms with van der Waals surface area (Å²) < 4.78 is 22.6. The molecule has 5 aromatic rings. The SMILES string of the molecule is COC(=O)C(NC(=O)N1C(=O)C2(c3cc(C#Cc4ccc(OC)cc4)ccc31)C(C(=O)O)C1C(=O)OC(c3ccccc3)C(c3ccccc3)N1C2c1cccc(OCCO)c1)C(C)C. The summed E-state index contributed by atoms with van der Waals surface area (Å²) in [6.45, 7) is 3.04. The van der Waals surface area contributed by atoms with Gasteiger partial charge in [-0.05, 0) is 82.8 Å². The van der Waals surface area contributed by atoms with Gasteiger partial charge >= 0.3 is 23.9 Å². The predicted octanol–water partition coefficient (Wildman–Crippen LogP) is 6.12. The molecule has 7 unspecified atom stereocenters. The van der Waals surface area contributed by atoms with E-state index in [-0.39, 0.29) is 24.5 Å². The Morgan fingerprint density at radius 1 is 0.785 bits per heavy atom. The van der Waals surface area contributed by atoms with Crippen molar-refractivity contribution in [1.82, 2.24) is 10.2 Å². The summed E-state index contributed by atoms with van der Waals surface area (Å²) >= 11 is 0. The smallest absolute Gasteiger partial charge is 0.329 e. The Labute approximate surface area is 375 Å². The Morgan fingerprint density at radius 2 is 1.43 bits per heavy atom. The van der Waals surface area contributed by atoms with Crippen LogP contribution in [0.15, 0.2) is 127 Å². The summed E-state index contributed by atoms with van der Waals surface area (Å²) in [6, 6.07) is 30.8. The van der Waals surface area contributed by atoms with E-state index in [9.17, 15) is 29.4 Å². The number of aliphatic hydroxyl groups excluding tert-OH is 1. The third kappa shape index (κ3) is 7.83. The molecule has 65 heavy (non-hydrogen) atoms. The summed E-state index contributed by atoms with van der Waals surface area (Å²) in [5, 5.41) is 24.1. The molecule has 14 nitrogen and oxygen atoms in total. The number of fused-ring (bicyclic) bond motifs is 3. The number of carboxylic acids is 1. The fourth-order valence-corrected chi connectivity index (χ4v) is 9.54. The molecule has 3 aliphatic heterocycles. The van der Waals surface area contributed by atoms with Gasteiger partial charge in [0, 0.05) is 11.1 Å². The number of aliphatic hydroxyl groups is 1. The number of imide groups is 1. The van der Waals surface area contributed by atoms with Gasteiger partial charge in [0.15, 0.2) is 0 Å². The molecule has 0 radical (unpaired) electrons. The van der Waals surface area contributed by atoms with Crippen LogP contribution in [0.2, 0.25) is 0 Å². The lowest BCUT2D eigenvalue weighted by Gasteiger charge is -2.46. The maximum absolute atomic E-state index is 16.2. The van der Waals surface area contributed by atoms with Crippen molar-refractivity contribution in [3.8, 4) is 23.3 Å². The Bertz CT molecular complexity index is 2680. The number of ether oxygens (including phenoxy) is 4. The van der Waals surface area contributed by atoms with Gasteiger partial charge < -0.3 is 34.5 Å². The van der Waals surface area contributed by atoms with Gasteiger partial charge in [-0.2, -0.15) is 0 Å². The highest BCUT2D eigenvalue weighted by molar-refractivity contribution is 6.24. The van der Waals surface area contributed by atoms with Crippen LogP contribution in [0.25, 0.3) is 0 Å². The molecular weight excluding hydrogens is 831 g/mol. The van der Waals surface area contributed by atoms with Crippen LogP contribution >= 0.6 is 0 Å². The van der Waals surface area contributed by atoms with E-state index >= 15 is 4.79 Å². The topological polar surface area (TPSA) is 181 Å². The molecule has 7 atom stereocenters. The largest absolute Gasteiger partial charge is 0.497 e. The van der Waals surface area contributed by atoms with Crippen molar-refractivity contribution >= 4 is 35.5 Å². The molecule has 2 fully saturated rings. The number of carbonyl (C=O) groups excluding carboxylic acids is 4. The molecule has 3 amide bonds. The molecule has 8 rings (SSSR count). The second kappa shape index (κ2) is 18.3. The first-order valence-electron chi connectivity index (χ1n) is 21.1. The Balaban J connectivity index is 1.43. The Kier molecular flexibility index (Phi) is 12.4. The first-order valence-corrected chi connectivity index (χ1v) is 21.1. The lowest BCUT2D eigenvalue weighted by atomic mass is 9.65. The van der Waals surface area contributed by atoms with E-state index in [2.05, 4.69) is 17.2 Å². The number of morpholine rings is 1. The molecule has 3 heterocycles. The number of urea groups is 1. The summed E-state index contributed by atoms with van der Waals surface area (Å²) in [5.41, 5.74) is 0.564. The van der Waals surface area contributed by atoms with Crippen LogP contribution in [-0.2, 0) is 34.1 Å². The number of carbonyl (C=O) groups is 5. The standard InChI is InChI=1S/C51H47N3O11/c1-30(2)41(47(58)63-4)52-50(61)53-39-25-22-32(19-18-31-20-23-36(62-3)24-21-31)28-38(39)51(49(53)60)40(46(56)57)43-48(59)65-44(34-14-9-6-10-15-34)42(33-12-7-5-8-13-33)54(43)45(51)35-16-11-17-37(29-35)64-27-26-55/h5-17,20-25,28-30,40-45,55H,26-27H2,1-4H3,(H,52,61)(H,56,57). The van der Waals surface area contributed by atoms with Crippen LogP contribution in [0, 0.1) is 23.7 Å². The molecule has 3 N–H and O–H groups in total. The molecule has 1 spiro atoms. The monoisotopic (exact) mass is 877 g/mol. The highest BCUT2D eigenvalue weighted by atomic mass is 16.6. The quantitative estimate of drug-likeness (QED) is 0.102. The number of methoxy groups -OCH3 is 2. The number of cyclic esters (lactones) is 1. The summed E-state index contributed by atoms with van der Waals surface area (Å²) in [4.78, 5) is 75.9.